The Labute approximate surface area is 235 Å². The van der Waals surface area contributed by atoms with Gasteiger partial charge in [0.05, 0.1) is 17.8 Å². The molecule has 40 heavy (non-hydrogen) atoms. The van der Waals surface area contributed by atoms with Crippen molar-refractivity contribution in [3.63, 3.8) is 0 Å². The number of nitrogens with zero attached hydrogens (tertiary/aromatic N) is 5. The monoisotopic (exact) mass is 554 g/mol. The van der Waals surface area contributed by atoms with Crippen molar-refractivity contribution < 1.29 is 4.74 Å². The third-order valence-electron chi connectivity index (χ3n) is 7.63. The molecule has 9 nitrogen and oxygen atoms in total. The Balaban J connectivity index is 1.45. The summed E-state index contributed by atoms with van der Waals surface area (Å²) in [5.41, 5.74) is 6.81. The molecule has 0 spiro atoms. The van der Waals surface area contributed by atoms with Crippen molar-refractivity contribution in [2.75, 3.05) is 12.4 Å². The van der Waals surface area contributed by atoms with Crippen molar-refractivity contribution in [1.29, 1.82) is 0 Å². The lowest BCUT2D eigenvalue weighted by Gasteiger charge is -2.17. The summed E-state index contributed by atoms with van der Waals surface area (Å²) in [6.07, 6.45) is 4.40. The molecule has 5 aromatic rings. The van der Waals surface area contributed by atoms with Crippen LogP contribution in [-0.2, 0) is 26.9 Å². The fraction of sp³-hybridized carbons (Fsp3) is 0.233. The van der Waals surface area contributed by atoms with Crippen LogP contribution in [0.15, 0.2) is 58.4 Å². The van der Waals surface area contributed by atoms with Crippen LogP contribution in [0.4, 0.5) is 11.5 Å². The van der Waals surface area contributed by atoms with Crippen molar-refractivity contribution in [2.24, 2.45) is 14.1 Å². The van der Waals surface area contributed by atoms with Gasteiger partial charge in [-0.3, -0.25) is 13.9 Å². The minimum absolute atomic E-state index is 0.230. The SMILES string of the molecule is COc1nc(-c2cccc(-c3cccc(Nc4ncnc5c4c(=O)n(C)c(=O)n5C)c3C)c2Cl)cc2c1CCC2. The van der Waals surface area contributed by atoms with Gasteiger partial charge in [0.1, 0.15) is 17.5 Å². The van der Waals surface area contributed by atoms with Crippen LogP contribution in [0.5, 0.6) is 5.88 Å². The fourth-order valence-electron chi connectivity index (χ4n) is 5.47. The number of benzene rings is 2. The van der Waals surface area contributed by atoms with Gasteiger partial charge in [-0.2, -0.15) is 0 Å². The molecule has 202 valence electrons. The smallest absolute Gasteiger partial charge is 0.332 e. The number of fused-ring (bicyclic) bond motifs is 2. The fourth-order valence-corrected chi connectivity index (χ4v) is 5.80. The van der Waals surface area contributed by atoms with E-state index in [0.29, 0.717) is 16.7 Å². The summed E-state index contributed by atoms with van der Waals surface area (Å²) in [6, 6.07) is 13.9. The van der Waals surface area contributed by atoms with Crippen molar-refractivity contribution in [3.05, 3.63) is 91.3 Å². The van der Waals surface area contributed by atoms with E-state index in [9.17, 15) is 9.59 Å². The molecule has 0 aliphatic heterocycles. The standard InChI is InChI=1S/C30H27ClN6O3/c1-16-18(20-11-6-12-21(25(20)31)23-14-17-8-5-10-19(17)28(35-23)40-4)9-7-13-22(16)34-26-24-27(33-15-32-26)36(2)30(39)37(3)29(24)38/h6-7,9,11-15H,5,8,10H2,1-4H3,(H,32,33,34). The van der Waals surface area contributed by atoms with Gasteiger partial charge in [0.15, 0.2) is 5.65 Å². The number of hydrogen-bond donors (Lipinski definition) is 1. The molecule has 10 heteroatoms. The molecule has 1 aliphatic rings. The molecular weight excluding hydrogens is 528 g/mol. The number of rotatable bonds is 5. The largest absolute Gasteiger partial charge is 0.481 e. The lowest BCUT2D eigenvalue weighted by molar-refractivity contribution is 0.394. The van der Waals surface area contributed by atoms with E-state index < -0.39 is 11.2 Å². The van der Waals surface area contributed by atoms with Crippen LogP contribution in [0.2, 0.25) is 5.02 Å². The first-order chi connectivity index (χ1) is 19.3. The number of hydrogen-bond acceptors (Lipinski definition) is 7. The number of anilines is 2. The highest BCUT2D eigenvalue weighted by Gasteiger charge is 2.21. The zero-order valence-electron chi connectivity index (χ0n) is 22.6. The van der Waals surface area contributed by atoms with Gasteiger partial charge in [-0.15, -0.1) is 0 Å². The predicted molar refractivity (Wildman–Crippen MR) is 157 cm³/mol. The Bertz CT molecular complexity index is 1950. The summed E-state index contributed by atoms with van der Waals surface area (Å²) in [5.74, 6) is 0.977. The third kappa shape index (κ3) is 4.05. The van der Waals surface area contributed by atoms with Gasteiger partial charge in [-0.25, -0.2) is 19.7 Å². The molecule has 0 saturated heterocycles. The van der Waals surface area contributed by atoms with E-state index in [0.717, 1.165) is 57.5 Å². The van der Waals surface area contributed by atoms with E-state index in [1.54, 1.807) is 14.2 Å². The summed E-state index contributed by atoms with van der Waals surface area (Å²) in [7, 11) is 4.67. The summed E-state index contributed by atoms with van der Waals surface area (Å²) in [6.45, 7) is 1.98. The van der Waals surface area contributed by atoms with Gasteiger partial charge in [0.25, 0.3) is 5.56 Å². The van der Waals surface area contributed by atoms with E-state index >= 15 is 0 Å². The Morgan fingerprint density at radius 2 is 1.73 bits per heavy atom. The van der Waals surface area contributed by atoms with Crippen molar-refractivity contribution in [2.45, 2.75) is 26.2 Å². The zero-order valence-corrected chi connectivity index (χ0v) is 23.3. The van der Waals surface area contributed by atoms with Gasteiger partial charge in [0.2, 0.25) is 5.88 Å². The molecule has 0 saturated carbocycles. The number of aryl methyl sites for hydroxylation is 2. The normalized spacial score (nSPS) is 12.5. The molecule has 0 amide bonds. The van der Waals surface area contributed by atoms with Crippen LogP contribution < -0.4 is 21.3 Å². The second-order valence-corrected chi connectivity index (χ2v) is 10.3. The highest BCUT2D eigenvalue weighted by Crippen LogP contribution is 2.41. The van der Waals surface area contributed by atoms with Crippen LogP contribution in [0.25, 0.3) is 33.4 Å². The van der Waals surface area contributed by atoms with Crippen LogP contribution in [0.1, 0.15) is 23.1 Å². The van der Waals surface area contributed by atoms with E-state index in [-0.39, 0.29) is 11.0 Å². The van der Waals surface area contributed by atoms with Gasteiger partial charge < -0.3 is 10.1 Å². The summed E-state index contributed by atoms with van der Waals surface area (Å²) < 4.78 is 7.99. The molecule has 1 aliphatic carbocycles. The number of nitrogens with one attached hydrogen (secondary N) is 1. The molecule has 0 radical (unpaired) electrons. The maximum Gasteiger partial charge on any atom is 0.332 e. The van der Waals surface area contributed by atoms with E-state index in [4.69, 9.17) is 21.3 Å². The molecule has 6 rings (SSSR count). The second-order valence-electron chi connectivity index (χ2n) is 9.90. The van der Waals surface area contributed by atoms with E-state index in [1.165, 1.54) is 29.1 Å². The quantitative estimate of drug-likeness (QED) is 0.327. The maximum atomic E-state index is 13.0. The Kier molecular flexibility index (Phi) is 6.38. The highest BCUT2D eigenvalue weighted by atomic mass is 35.5. The average molecular weight is 555 g/mol. The lowest BCUT2D eigenvalue weighted by Crippen LogP contribution is -2.37. The van der Waals surface area contributed by atoms with Gasteiger partial charge in [-0.1, -0.05) is 41.9 Å². The first-order valence-corrected chi connectivity index (χ1v) is 13.3. The van der Waals surface area contributed by atoms with Crippen LogP contribution >= 0.6 is 11.6 Å². The average Bonchev–Trinajstić information content (AvgIpc) is 3.45. The van der Waals surface area contributed by atoms with Crippen molar-refractivity contribution in [1.82, 2.24) is 24.1 Å². The summed E-state index contributed by atoms with van der Waals surface area (Å²) >= 11 is 7.06. The molecule has 0 bridgehead atoms. The van der Waals surface area contributed by atoms with E-state index in [2.05, 4.69) is 21.4 Å². The second kappa shape index (κ2) is 9.91. The van der Waals surface area contributed by atoms with Crippen LogP contribution in [-0.4, -0.2) is 31.2 Å². The third-order valence-corrected chi connectivity index (χ3v) is 8.04. The predicted octanol–water partition coefficient (Wildman–Crippen LogP) is 4.96. The molecule has 3 heterocycles. The van der Waals surface area contributed by atoms with Crippen LogP contribution in [0.3, 0.4) is 0 Å². The molecular formula is C30H27ClN6O3. The minimum Gasteiger partial charge on any atom is -0.481 e. The number of halogens is 1. The maximum absolute atomic E-state index is 13.0. The lowest BCUT2D eigenvalue weighted by atomic mass is 9.96. The zero-order chi connectivity index (χ0) is 28.1. The van der Waals surface area contributed by atoms with E-state index in [1.807, 2.05) is 43.3 Å². The molecule has 0 atom stereocenters. The first kappa shape index (κ1) is 25.8. The van der Waals surface area contributed by atoms with Gasteiger partial charge in [-0.05, 0) is 55.0 Å². The Morgan fingerprint density at radius 3 is 2.52 bits per heavy atom. The topological polar surface area (TPSA) is 104 Å². The Morgan fingerprint density at radius 1 is 0.975 bits per heavy atom. The molecule has 3 aromatic heterocycles. The van der Waals surface area contributed by atoms with Crippen LogP contribution in [0, 0.1) is 6.92 Å². The number of pyridine rings is 1. The molecule has 2 aromatic carbocycles. The molecule has 1 N–H and O–H groups in total. The van der Waals surface area contributed by atoms with Crippen molar-refractivity contribution >= 4 is 34.1 Å². The van der Waals surface area contributed by atoms with Gasteiger partial charge in [0, 0.05) is 36.5 Å². The van der Waals surface area contributed by atoms with Gasteiger partial charge >= 0.3 is 5.69 Å². The number of methoxy groups -OCH3 is 1. The highest BCUT2D eigenvalue weighted by molar-refractivity contribution is 6.36. The molecule has 0 unspecified atom stereocenters. The Hall–Kier alpha value is -4.50. The van der Waals surface area contributed by atoms with Crippen molar-refractivity contribution in [3.8, 4) is 28.3 Å². The number of ether oxygens (including phenoxy) is 1. The molecule has 0 fully saturated rings. The minimum atomic E-state index is -0.469. The summed E-state index contributed by atoms with van der Waals surface area (Å²) in [4.78, 5) is 38.7. The first-order valence-electron chi connectivity index (χ1n) is 12.9. The summed E-state index contributed by atoms with van der Waals surface area (Å²) in [5, 5.41) is 4.12. The number of aromatic nitrogens is 5.